The molecule has 0 spiro atoms. The molecule has 0 unspecified atom stereocenters. The van der Waals surface area contributed by atoms with Crippen LogP contribution < -0.4 is 5.56 Å². The Labute approximate surface area is 143 Å². The van der Waals surface area contributed by atoms with Gasteiger partial charge in [-0.3, -0.25) is 4.79 Å². The first-order valence-corrected chi connectivity index (χ1v) is 7.22. The maximum Gasteiger partial charge on any atom is 0.417 e. The van der Waals surface area contributed by atoms with E-state index in [1.165, 1.54) is 0 Å². The summed E-state index contributed by atoms with van der Waals surface area (Å²) in [5.74, 6) is 0.0310. The molecule has 0 aromatic carbocycles. The van der Waals surface area contributed by atoms with E-state index in [0.29, 0.717) is 23.7 Å². The lowest BCUT2D eigenvalue weighted by Gasteiger charge is -2.10. The summed E-state index contributed by atoms with van der Waals surface area (Å²) in [6, 6.07) is 3.88. The van der Waals surface area contributed by atoms with Gasteiger partial charge in [0.05, 0.1) is 11.3 Å². The lowest BCUT2D eigenvalue weighted by Crippen LogP contribution is -2.23. The Morgan fingerprint density at radius 3 is 2.68 bits per heavy atom. The van der Waals surface area contributed by atoms with Crippen LogP contribution in [0.5, 0.6) is 0 Å². The average Bonchev–Trinajstić information content (AvgIpc) is 3.00. The molecule has 0 N–H and O–H groups in total. The van der Waals surface area contributed by atoms with Crippen molar-refractivity contribution in [2.45, 2.75) is 19.6 Å². The molecule has 0 aliphatic rings. The van der Waals surface area contributed by atoms with Crippen molar-refractivity contribution in [3.8, 4) is 11.5 Å². The third-order valence-corrected chi connectivity index (χ3v) is 3.44. The topological polar surface area (TPSA) is 86.7 Å². The zero-order valence-corrected chi connectivity index (χ0v) is 13.3. The molecule has 0 radical (unpaired) electrons. The SMILES string of the molecule is Cc1ccc(-c2noc(Cn3cc(C(F)(F)F)cc(Cl)c3=O)n2)nn1. The molecule has 0 aliphatic heterocycles. The van der Waals surface area contributed by atoms with Crippen LogP contribution in [0.2, 0.25) is 5.02 Å². The zero-order chi connectivity index (χ0) is 18.2. The molecular formula is C14H9ClF3N5O2. The van der Waals surface area contributed by atoms with Gasteiger partial charge in [0.1, 0.15) is 17.3 Å². The lowest BCUT2D eigenvalue weighted by atomic mass is 10.2. The molecule has 3 heterocycles. The fraction of sp³-hybridized carbons (Fsp3) is 0.214. The van der Waals surface area contributed by atoms with Crippen LogP contribution in [-0.4, -0.2) is 24.9 Å². The van der Waals surface area contributed by atoms with Crippen LogP contribution in [0.1, 0.15) is 17.1 Å². The molecule has 3 aromatic rings. The Morgan fingerprint density at radius 2 is 2.04 bits per heavy atom. The molecule has 0 bridgehead atoms. The van der Waals surface area contributed by atoms with E-state index in [0.717, 1.165) is 4.57 Å². The lowest BCUT2D eigenvalue weighted by molar-refractivity contribution is -0.138. The van der Waals surface area contributed by atoms with E-state index in [2.05, 4.69) is 20.3 Å². The minimum Gasteiger partial charge on any atom is -0.337 e. The number of pyridine rings is 1. The van der Waals surface area contributed by atoms with Crippen molar-refractivity contribution in [2.75, 3.05) is 0 Å². The van der Waals surface area contributed by atoms with Gasteiger partial charge >= 0.3 is 6.18 Å². The molecule has 0 saturated heterocycles. The summed E-state index contributed by atoms with van der Waals surface area (Å²) in [6.07, 6.45) is -4.00. The number of rotatable bonds is 3. The normalized spacial score (nSPS) is 11.7. The van der Waals surface area contributed by atoms with Crippen molar-refractivity contribution in [1.82, 2.24) is 24.9 Å². The van der Waals surface area contributed by atoms with Crippen LogP contribution >= 0.6 is 11.6 Å². The Morgan fingerprint density at radius 1 is 1.28 bits per heavy atom. The number of hydrogen-bond donors (Lipinski definition) is 0. The minimum absolute atomic E-state index is 0.0742. The summed E-state index contributed by atoms with van der Waals surface area (Å²) in [7, 11) is 0. The van der Waals surface area contributed by atoms with Gasteiger partial charge in [0.15, 0.2) is 0 Å². The molecule has 25 heavy (non-hydrogen) atoms. The number of halogens is 4. The largest absolute Gasteiger partial charge is 0.417 e. The number of aryl methyl sites for hydroxylation is 1. The first-order chi connectivity index (χ1) is 11.7. The average molecular weight is 372 g/mol. The highest BCUT2D eigenvalue weighted by atomic mass is 35.5. The second-order valence-corrected chi connectivity index (χ2v) is 5.49. The van der Waals surface area contributed by atoms with Crippen LogP contribution in [0.15, 0.2) is 33.7 Å². The summed E-state index contributed by atoms with van der Waals surface area (Å²) < 4.78 is 44.2. The second-order valence-electron chi connectivity index (χ2n) is 5.08. The Balaban J connectivity index is 1.92. The third-order valence-electron chi connectivity index (χ3n) is 3.17. The van der Waals surface area contributed by atoms with Crippen LogP contribution in [0.4, 0.5) is 13.2 Å². The first-order valence-electron chi connectivity index (χ1n) is 6.84. The molecule has 3 aromatic heterocycles. The van der Waals surface area contributed by atoms with Gasteiger partial charge in [-0.05, 0) is 25.1 Å². The summed E-state index contributed by atoms with van der Waals surface area (Å²) >= 11 is 5.59. The molecule has 0 aliphatic carbocycles. The summed E-state index contributed by atoms with van der Waals surface area (Å²) in [4.78, 5) is 15.9. The molecule has 0 saturated carbocycles. The van der Waals surface area contributed by atoms with Crippen LogP contribution in [0.3, 0.4) is 0 Å². The summed E-state index contributed by atoms with van der Waals surface area (Å²) in [5, 5.41) is 10.8. The third kappa shape index (κ3) is 3.68. The molecule has 11 heteroatoms. The fourth-order valence-corrected chi connectivity index (χ4v) is 2.18. The van der Waals surface area contributed by atoms with E-state index >= 15 is 0 Å². The molecule has 130 valence electrons. The number of aromatic nitrogens is 5. The van der Waals surface area contributed by atoms with Gasteiger partial charge in [0.2, 0.25) is 11.7 Å². The smallest absolute Gasteiger partial charge is 0.337 e. The van der Waals surface area contributed by atoms with Crippen molar-refractivity contribution in [1.29, 1.82) is 0 Å². The van der Waals surface area contributed by atoms with E-state index in [4.69, 9.17) is 16.1 Å². The van der Waals surface area contributed by atoms with E-state index in [1.54, 1.807) is 19.1 Å². The Kier molecular flexibility index (Phi) is 4.29. The van der Waals surface area contributed by atoms with Crippen LogP contribution in [0.25, 0.3) is 11.5 Å². The van der Waals surface area contributed by atoms with Crippen LogP contribution in [0, 0.1) is 6.92 Å². The highest BCUT2D eigenvalue weighted by molar-refractivity contribution is 6.30. The van der Waals surface area contributed by atoms with Crippen molar-refractivity contribution < 1.29 is 17.7 Å². The van der Waals surface area contributed by atoms with E-state index < -0.39 is 22.3 Å². The van der Waals surface area contributed by atoms with Crippen molar-refractivity contribution in [3.63, 3.8) is 0 Å². The Bertz CT molecular complexity index is 966. The van der Waals surface area contributed by atoms with E-state index in [-0.39, 0.29) is 18.3 Å². The zero-order valence-electron chi connectivity index (χ0n) is 12.6. The molecule has 7 nitrogen and oxygen atoms in total. The monoisotopic (exact) mass is 371 g/mol. The molecular weight excluding hydrogens is 363 g/mol. The van der Waals surface area contributed by atoms with Gasteiger partial charge in [0.25, 0.3) is 5.56 Å². The number of hydrogen-bond acceptors (Lipinski definition) is 6. The van der Waals surface area contributed by atoms with Crippen molar-refractivity contribution >= 4 is 11.6 Å². The summed E-state index contributed by atoms with van der Waals surface area (Å²) in [6.45, 7) is 1.39. The van der Waals surface area contributed by atoms with Gasteiger partial charge in [-0.25, -0.2) is 0 Å². The number of alkyl halides is 3. The highest BCUT2D eigenvalue weighted by Crippen LogP contribution is 2.29. The standard InChI is InChI=1S/C14H9ClF3N5O2/c1-7-2-3-10(21-20-7)12-19-11(25-22-12)6-23-5-8(14(16,17)18)4-9(15)13(23)24/h2-5H,6H2,1H3. The van der Waals surface area contributed by atoms with Gasteiger partial charge in [0, 0.05) is 6.20 Å². The second kappa shape index (κ2) is 6.28. The predicted octanol–water partition coefficient (Wildman–Crippen LogP) is 2.72. The minimum atomic E-state index is -4.64. The molecule has 0 atom stereocenters. The van der Waals surface area contributed by atoms with Gasteiger partial charge in [-0.15, -0.1) is 5.10 Å². The fourth-order valence-electron chi connectivity index (χ4n) is 1.96. The molecule has 3 rings (SSSR count). The predicted molar refractivity (Wildman–Crippen MR) is 79.9 cm³/mol. The van der Waals surface area contributed by atoms with E-state index in [9.17, 15) is 18.0 Å². The maximum absolute atomic E-state index is 12.8. The maximum atomic E-state index is 12.8. The van der Waals surface area contributed by atoms with Crippen LogP contribution in [-0.2, 0) is 12.7 Å². The number of nitrogens with zero attached hydrogens (tertiary/aromatic N) is 5. The van der Waals surface area contributed by atoms with E-state index in [1.807, 2.05) is 0 Å². The van der Waals surface area contributed by atoms with Gasteiger partial charge in [-0.2, -0.15) is 23.3 Å². The van der Waals surface area contributed by atoms with Gasteiger partial charge < -0.3 is 9.09 Å². The quantitative estimate of drug-likeness (QED) is 0.703. The highest BCUT2D eigenvalue weighted by Gasteiger charge is 2.32. The van der Waals surface area contributed by atoms with Crippen molar-refractivity contribution in [2.24, 2.45) is 0 Å². The van der Waals surface area contributed by atoms with Crippen molar-refractivity contribution in [3.05, 3.63) is 56.9 Å². The summed E-state index contributed by atoms with van der Waals surface area (Å²) in [5.41, 5.74) is -0.835. The van der Waals surface area contributed by atoms with Gasteiger partial charge in [-0.1, -0.05) is 16.8 Å². The first kappa shape index (κ1) is 17.1. The molecule has 0 amide bonds. The molecule has 0 fully saturated rings. The Hall–Kier alpha value is -2.75.